The highest BCUT2D eigenvalue weighted by Gasteiger charge is 2.34. The number of non-ortho nitro benzene ring substituents is 1. The molecule has 1 atom stereocenters. The molecule has 1 unspecified atom stereocenters. The lowest BCUT2D eigenvalue weighted by Crippen LogP contribution is -2.60. The van der Waals surface area contributed by atoms with E-state index in [2.05, 4.69) is 10.6 Å². The number of esters is 1. The molecule has 2 N–H and O–H groups in total. The van der Waals surface area contributed by atoms with Crippen molar-refractivity contribution < 1.29 is 28.8 Å². The summed E-state index contributed by atoms with van der Waals surface area (Å²) in [5.74, 6) is -0.915. The Morgan fingerprint density at radius 1 is 1.17 bits per heavy atom. The van der Waals surface area contributed by atoms with Gasteiger partial charge in [0.1, 0.15) is 25.0 Å². The van der Waals surface area contributed by atoms with Crippen molar-refractivity contribution >= 4 is 46.9 Å². The van der Waals surface area contributed by atoms with Crippen LogP contribution in [0.3, 0.4) is 0 Å². The van der Waals surface area contributed by atoms with E-state index < -0.39 is 28.7 Å². The maximum absolute atomic E-state index is 12.4. The zero-order valence-corrected chi connectivity index (χ0v) is 19.9. The van der Waals surface area contributed by atoms with E-state index in [1.54, 1.807) is 12.1 Å². The van der Waals surface area contributed by atoms with E-state index in [1.165, 1.54) is 41.3 Å². The van der Waals surface area contributed by atoms with Crippen LogP contribution in [0.2, 0.25) is 0 Å². The summed E-state index contributed by atoms with van der Waals surface area (Å²) in [7, 11) is 0. The fourth-order valence-electron chi connectivity index (χ4n) is 3.31. The second-order valence-corrected chi connectivity index (χ2v) is 7.95. The van der Waals surface area contributed by atoms with Gasteiger partial charge in [-0.2, -0.15) is 0 Å². The lowest BCUT2D eigenvalue weighted by Gasteiger charge is -2.36. The molecule has 1 aliphatic heterocycles. The molecule has 0 bridgehead atoms. The molecule has 1 heterocycles. The van der Waals surface area contributed by atoms with Crippen LogP contribution in [0, 0.1) is 10.1 Å². The zero-order chi connectivity index (χ0) is 25.9. The molecular weight excluding hydrogens is 488 g/mol. The molecule has 188 valence electrons. The van der Waals surface area contributed by atoms with Gasteiger partial charge in [-0.25, -0.2) is 0 Å². The molecule has 0 aliphatic carbocycles. The predicted molar refractivity (Wildman–Crippen MR) is 134 cm³/mol. The first kappa shape index (κ1) is 26.3. The minimum absolute atomic E-state index is 0.00610. The van der Waals surface area contributed by atoms with Crippen LogP contribution in [0.5, 0.6) is 5.75 Å². The molecule has 0 saturated carbocycles. The molecule has 12 heteroatoms. The molecule has 1 aliphatic rings. The molecule has 0 radical (unpaired) electrons. The van der Waals surface area contributed by atoms with Crippen LogP contribution in [0.4, 0.5) is 5.69 Å². The Morgan fingerprint density at radius 3 is 2.58 bits per heavy atom. The number of para-hydroxylation sites is 1. The van der Waals surface area contributed by atoms with Crippen LogP contribution >= 0.6 is 12.2 Å². The van der Waals surface area contributed by atoms with Crippen molar-refractivity contribution in [3.63, 3.8) is 0 Å². The summed E-state index contributed by atoms with van der Waals surface area (Å²) in [6.07, 6.45) is 2.43. The number of piperazine rings is 1. The summed E-state index contributed by atoms with van der Waals surface area (Å²) >= 11 is 5.30. The summed E-state index contributed by atoms with van der Waals surface area (Å²) in [6, 6.07) is 13.8. The van der Waals surface area contributed by atoms with Crippen molar-refractivity contribution in [2.45, 2.75) is 12.5 Å². The van der Waals surface area contributed by atoms with Crippen LogP contribution in [0.15, 0.2) is 60.7 Å². The number of rotatable bonds is 9. The molecule has 0 aromatic heterocycles. The molecule has 36 heavy (non-hydrogen) atoms. The van der Waals surface area contributed by atoms with Gasteiger partial charge in [-0.15, -0.1) is 0 Å². The molecule has 3 rings (SSSR count). The fraction of sp³-hybridized carbons (Fsp3) is 0.250. The minimum Gasteiger partial charge on any atom is -0.490 e. The molecular formula is C24H24N4O7S. The maximum atomic E-state index is 12.4. The standard InChI is InChI=1S/C24H24N4O7S/c29-21(11-8-17-6-9-18(10-7-17)28(32)33)26-24(36)27-13-12-25-23(31)20(27)16-22(30)35-15-14-34-19-4-2-1-3-5-19/h1-11,20H,12-16H2,(H,25,31)(H,26,29,36)/b11-8+. The largest absolute Gasteiger partial charge is 0.490 e. The summed E-state index contributed by atoms with van der Waals surface area (Å²) in [5.41, 5.74) is 0.519. The molecule has 1 saturated heterocycles. The lowest BCUT2D eigenvalue weighted by atomic mass is 10.1. The average molecular weight is 513 g/mol. The van der Waals surface area contributed by atoms with Gasteiger partial charge in [-0.3, -0.25) is 29.8 Å². The van der Waals surface area contributed by atoms with E-state index >= 15 is 0 Å². The Balaban J connectivity index is 1.49. The summed E-state index contributed by atoms with van der Waals surface area (Å²) in [6.45, 7) is 0.762. The molecule has 11 nitrogen and oxygen atoms in total. The van der Waals surface area contributed by atoms with Crippen LogP contribution in [0.25, 0.3) is 6.08 Å². The number of thiocarbonyl (C=S) groups is 1. The third kappa shape index (κ3) is 7.87. The van der Waals surface area contributed by atoms with Crippen LogP contribution in [0.1, 0.15) is 12.0 Å². The van der Waals surface area contributed by atoms with Crippen molar-refractivity contribution in [2.75, 3.05) is 26.3 Å². The third-order valence-corrected chi connectivity index (χ3v) is 5.41. The van der Waals surface area contributed by atoms with E-state index in [0.29, 0.717) is 24.4 Å². The van der Waals surface area contributed by atoms with Crippen LogP contribution in [-0.2, 0) is 19.1 Å². The highest BCUT2D eigenvalue weighted by atomic mass is 32.1. The first-order chi connectivity index (χ1) is 17.3. The van der Waals surface area contributed by atoms with Crippen LogP contribution < -0.4 is 15.4 Å². The highest BCUT2D eigenvalue weighted by molar-refractivity contribution is 7.80. The van der Waals surface area contributed by atoms with E-state index in [9.17, 15) is 24.5 Å². The Labute approximate surface area is 212 Å². The lowest BCUT2D eigenvalue weighted by molar-refractivity contribution is -0.384. The first-order valence-corrected chi connectivity index (χ1v) is 11.4. The maximum Gasteiger partial charge on any atom is 0.308 e. The Bertz CT molecular complexity index is 1140. The second kappa shape index (κ2) is 13.0. The molecule has 2 aromatic carbocycles. The number of hydrogen-bond acceptors (Lipinski definition) is 8. The summed E-state index contributed by atoms with van der Waals surface area (Å²) < 4.78 is 10.7. The second-order valence-electron chi connectivity index (χ2n) is 7.56. The van der Waals surface area contributed by atoms with Gasteiger partial charge >= 0.3 is 5.97 Å². The molecule has 1 fully saturated rings. The molecule has 0 spiro atoms. The zero-order valence-electron chi connectivity index (χ0n) is 19.1. The number of amides is 2. The summed E-state index contributed by atoms with van der Waals surface area (Å²) in [4.78, 5) is 48.7. The van der Waals surface area contributed by atoms with Gasteiger partial charge in [0.25, 0.3) is 5.69 Å². The number of nitrogens with zero attached hydrogens (tertiary/aromatic N) is 2. The number of nitro benzene ring substituents is 1. The summed E-state index contributed by atoms with van der Waals surface area (Å²) in [5, 5.41) is 15.9. The van der Waals surface area contributed by atoms with Gasteiger partial charge in [-0.05, 0) is 48.1 Å². The number of carbonyl (C=O) groups excluding carboxylic acids is 3. The Hall–Kier alpha value is -4.32. The third-order valence-electron chi connectivity index (χ3n) is 5.07. The minimum atomic E-state index is -0.937. The quantitative estimate of drug-likeness (QED) is 0.129. The van der Waals surface area contributed by atoms with Crippen molar-refractivity contribution in [3.05, 3.63) is 76.4 Å². The Morgan fingerprint density at radius 2 is 1.89 bits per heavy atom. The van der Waals surface area contributed by atoms with E-state index in [0.717, 1.165) is 0 Å². The van der Waals surface area contributed by atoms with Gasteiger partial charge in [-0.1, -0.05) is 18.2 Å². The average Bonchev–Trinajstić information content (AvgIpc) is 2.87. The van der Waals surface area contributed by atoms with Crippen molar-refractivity contribution in [3.8, 4) is 5.75 Å². The van der Waals surface area contributed by atoms with E-state index in [4.69, 9.17) is 21.7 Å². The molecule has 2 amide bonds. The number of carbonyl (C=O) groups is 3. The van der Waals surface area contributed by atoms with Crippen LogP contribution in [-0.4, -0.2) is 65.1 Å². The number of benzene rings is 2. The SMILES string of the molecule is O=C(/C=C/c1ccc([N+](=O)[O-])cc1)NC(=S)N1CCNC(=O)C1CC(=O)OCCOc1ccccc1. The first-order valence-electron chi connectivity index (χ1n) is 11.0. The smallest absolute Gasteiger partial charge is 0.308 e. The van der Waals surface area contributed by atoms with Crippen molar-refractivity contribution in [1.82, 2.24) is 15.5 Å². The van der Waals surface area contributed by atoms with E-state index in [-0.39, 0.29) is 30.4 Å². The predicted octanol–water partition coefficient (Wildman–Crippen LogP) is 1.82. The molecule has 2 aromatic rings. The van der Waals surface area contributed by atoms with E-state index in [1.807, 2.05) is 18.2 Å². The number of nitro groups is 1. The van der Waals surface area contributed by atoms with Gasteiger partial charge in [0.05, 0.1) is 11.3 Å². The normalized spacial score (nSPS) is 15.2. The van der Waals surface area contributed by atoms with Gasteiger partial charge < -0.3 is 19.7 Å². The fourth-order valence-corrected chi connectivity index (χ4v) is 3.63. The van der Waals surface area contributed by atoms with Crippen molar-refractivity contribution in [2.24, 2.45) is 0 Å². The van der Waals surface area contributed by atoms with Gasteiger partial charge in [0, 0.05) is 31.3 Å². The number of nitrogens with one attached hydrogen (secondary N) is 2. The van der Waals surface area contributed by atoms with Crippen molar-refractivity contribution in [1.29, 1.82) is 0 Å². The van der Waals surface area contributed by atoms with Gasteiger partial charge in [0.2, 0.25) is 11.8 Å². The highest BCUT2D eigenvalue weighted by Crippen LogP contribution is 2.14. The monoisotopic (exact) mass is 512 g/mol. The topological polar surface area (TPSA) is 140 Å². The number of hydrogen-bond donors (Lipinski definition) is 2. The number of ether oxygens (including phenoxy) is 2. The van der Waals surface area contributed by atoms with Gasteiger partial charge in [0.15, 0.2) is 5.11 Å². The Kier molecular flexibility index (Phi) is 9.46.